The van der Waals surface area contributed by atoms with Crippen molar-refractivity contribution in [2.75, 3.05) is 6.61 Å². The van der Waals surface area contributed by atoms with Crippen LogP contribution in [0.2, 0.25) is 0 Å². The lowest BCUT2D eigenvalue weighted by atomic mass is 10.1. The molecular weight excluding hydrogens is 386 g/mol. The Balaban J connectivity index is 1.43. The number of nitro groups is 1. The van der Waals surface area contributed by atoms with E-state index in [1.807, 2.05) is 0 Å². The minimum atomic E-state index is -0.526. The molecule has 7 nitrogen and oxygen atoms in total. The first-order valence-corrected chi connectivity index (χ1v) is 9.05. The van der Waals surface area contributed by atoms with E-state index >= 15 is 0 Å². The molecule has 0 saturated carbocycles. The second kappa shape index (κ2) is 8.00. The number of non-ortho nitro benzene ring substituents is 1. The summed E-state index contributed by atoms with van der Waals surface area (Å²) < 4.78 is 11.2. The topological polar surface area (TPSA) is 95.7 Å². The number of ether oxygens (including phenoxy) is 2. The Labute approximate surface area is 171 Å². The SMILES string of the molecule is O=C(COc1cccc(/C=C2\Oc3ccccc3C2=O)c1)c1ccc([N+](=O)[O-])cc1. The molecular formula is C23H15NO6. The van der Waals surface area contributed by atoms with Crippen molar-refractivity contribution in [3.05, 3.63) is 105 Å². The van der Waals surface area contributed by atoms with E-state index in [4.69, 9.17) is 9.47 Å². The smallest absolute Gasteiger partial charge is 0.269 e. The highest BCUT2D eigenvalue weighted by atomic mass is 16.6. The van der Waals surface area contributed by atoms with Gasteiger partial charge in [0.25, 0.3) is 5.69 Å². The van der Waals surface area contributed by atoms with Gasteiger partial charge in [-0.15, -0.1) is 0 Å². The van der Waals surface area contributed by atoms with Gasteiger partial charge < -0.3 is 9.47 Å². The Morgan fingerprint density at radius 1 is 1.03 bits per heavy atom. The summed E-state index contributed by atoms with van der Waals surface area (Å²) in [5, 5.41) is 10.7. The summed E-state index contributed by atoms with van der Waals surface area (Å²) in [7, 11) is 0. The quantitative estimate of drug-likeness (QED) is 0.262. The van der Waals surface area contributed by atoms with Gasteiger partial charge in [0.15, 0.2) is 18.1 Å². The molecule has 0 atom stereocenters. The Morgan fingerprint density at radius 3 is 2.53 bits per heavy atom. The molecule has 30 heavy (non-hydrogen) atoms. The summed E-state index contributed by atoms with van der Waals surface area (Å²) >= 11 is 0. The number of para-hydroxylation sites is 1. The summed E-state index contributed by atoms with van der Waals surface area (Å²) in [6.07, 6.45) is 1.62. The predicted molar refractivity (Wildman–Crippen MR) is 109 cm³/mol. The Hall–Kier alpha value is -4.26. The van der Waals surface area contributed by atoms with Gasteiger partial charge in [-0.25, -0.2) is 0 Å². The van der Waals surface area contributed by atoms with Crippen molar-refractivity contribution in [3.63, 3.8) is 0 Å². The lowest BCUT2D eigenvalue weighted by Crippen LogP contribution is -2.11. The van der Waals surface area contributed by atoms with E-state index in [-0.39, 0.29) is 29.6 Å². The third-order valence-electron chi connectivity index (χ3n) is 4.50. The van der Waals surface area contributed by atoms with Crippen molar-refractivity contribution >= 4 is 23.3 Å². The second-order valence-corrected chi connectivity index (χ2v) is 6.52. The summed E-state index contributed by atoms with van der Waals surface area (Å²) in [4.78, 5) is 34.8. The zero-order valence-corrected chi connectivity index (χ0v) is 15.6. The third kappa shape index (κ3) is 3.95. The lowest BCUT2D eigenvalue weighted by Gasteiger charge is -2.07. The number of allylic oxidation sites excluding steroid dienone is 1. The number of ketones is 2. The fraction of sp³-hybridized carbons (Fsp3) is 0.0435. The molecule has 0 radical (unpaired) electrons. The van der Waals surface area contributed by atoms with Crippen LogP contribution in [0, 0.1) is 10.1 Å². The van der Waals surface area contributed by atoms with Crippen LogP contribution < -0.4 is 9.47 Å². The first-order valence-electron chi connectivity index (χ1n) is 9.05. The number of fused-ring (bicyclic) bond motifs is 1. The molecule has 1 aliphatic rings. The molecule has 0 unspecified atom stereocenters. The molecule has 0 spiro atoms. The third-order valence-corrected chi connectivity index (χ3v) is 4.50. The summed E-state index contributed by atoms with van der Waals surface area (Å²) in [5.41, 5.74) is 1.44. The second-order valence-electron chi connectivity index (χ2n) is 6.52. The highest BCUT2D eigenvalue weighted by molar-refractivity contribution is 6.14. The molecule has 0 aliphatic carbocycles. The number of hydrogen-bond acceptors (Lipinski definition) is 6. The molecule has 1 aliphatic heterocycles. The number of Topliss-reactive ketones (excluding diaryl/α,β-unsaturated/α-hetero) is 2. The van der Waals surface area contributed by atoms with E-state index in [9.17, 15) is 19.7 Å². The molecule has 148 valence electrons. The van der Waals surface area contributed by atoms with Crippen molar-refractivity contribution < 1.29 is 24.0 Å². The monoisotopic (exact) mass is 401 g/mol. The van der Waals surface area contributed by atoms with Gasteiger partial charge in [0.2, 0.25) is 5.78 Å². The molecule has 0 N–H and O–H groups in total. The maximum Gasteiger partial charge on any atom is 0.269 e. The summed E-state index contributed by atoms with van der Waals surface area (Å²) in [5.74, 6) is 0.691. The van der Waals surface area contributed by atoms with Crippen LogP contribution in [-0.2, 0) is 0 Å². The number of hydrogen-bond donors (Lipinski definition) is 0. The Morgan fingerprint density at radius 2 is 1.80 bits per heavy atom. The van der Waals surface area contributed by atoms with Gasteiger partial charge in [-0.05, 0) is 48.0 Å². The van der Waals surface area contributed by atoms with Crippen molar-refractivity contribution in [3.8, 4) is 11.5 Å². The van der Waals surface area contributed by atoms with Gasteiger partial charge in [0.1, 0.15) is 11.5 Å². The zero-order valence-electron chi connectivity index (χ0n) is 15.6. The predicted octanol–water partition coefficient (Wildman–Crippen LogP) is 4.47. The van der Waals surface area contributed by atoms with Crippen molar-refractivity contribution in [2.24, 2.45) is 0 Å². The molecule has 1 heterocycles. The van der Waals surface area contributed by atoms with Gasteiger partial charge in [0, 0.05) is 17.7 Å². The van der Waals surface area contributed by atoms with Crippen LogP contribution >= 0.6 is 0 Å². The largest absolute Gasteiger partial charge is 0.485 e. The van der Waals surface area contributed by atoms with Crippen LogP contribution in [0.3, 0.4) is 0 Å². The van der Waals surface area contributed by atoms with Crippen LogP contribution in [0.4, 0.5) is 5.69 Å². The molecule has 0 bridgehead atoms. The first kappa shape index (κ1) is 19.1. The van der Waals surface area contributed by atoms with Gasteiger partial charge in [-0.1, -0.05) is 24.3 Å². The van der Waals surface area contributed by atoms with E-state index in [1.165, 1.54) is 24.3 Å². The van der Waals surface area contributed by atoms with E-state index in [2.05, 4.69) is 0 Å². The van der Waals surface area contributed by atoms with Crippen LogP contribution in [0.1, 0.15) is 26.3 Å². The lowest BCUT2D eigenvalue weighted by molar-refractivity contribution is -0.384. The molecule has 0 aromatic heterocycles. The van der Waals surface area contributed by atoms with Crippen LogP contribution in [0.25, 0.3) is 6.08 Å². The van der Waals surface area contributed by atoms with Crippen molar-refractivity contribution in [2.45, 2.75) is 0 Å². The zero-order chi connectivity index (χ0) is 21.1. The molecule has 7 heteroatoms. The summed E-state index contributed by atoms with van der Waals surface area (Å²) in [6, 6.07) is 19.3. The number of carbonyl (C=O) groups is 2. The standard InChI is InChI=1S/C23H15NO6/c25-20(16-8-10-17(11-9-16)24(27)28)14-29-18-5-3-4-15(12-18)13-22-23(26)19-6-1-2-7-21(19)30-22/h1-13H,14H2/b22-13-. The average molecular weight is 401 g/mol. The van der Waals surface area contributed by atoms with E-state index in [0.717, 1.165) is 0 Å². The van der Waals surface area contributed by atoms with Gasteiger partial charge in [-0.3, -0.25) is 19.7 Å². The number of nitro benzene ring substituents is 1. The minimum Gasteiger partial charge on any atom is -0.485 e. The van der Waals surface area contributed by atoms with Crippen LogP contribution in [-0.4, -0.2) is 23.1 Å². The first-order chi connectivity index (χ1) is 14.5. The van der Waals surface area contributed by atoms with E-state index in [1.54, 1.807) is 54.6 Å². The number of carbonyl (C=O) groups excluding carboxylic acids is 2. The van der Waals surface area contributed by atoms with Crippen molar-refractivity contribution in [1.29, 1.82) is 0 Å². The van der Waals surface area contributed by atoms with Crippen molar-refractivity contribution in [1.82, 2.24) is 0 Å². The van der Waals surface area contributed by atoms with Gasteiger partial charge in [-0.2, -0.15) is 0 Å². The summed E-state index contributed by atoms with van der Waals surface area (Å²) in [6.45, 7) is -0.224. The number of nitrogens with zero attached hydrogens (tertiary/aromatic N) is 1. The molecule has 4 rings (SSSR count). The minimum absolute atomic E-state index is 0.0842. The maximum atomic E-state index is 12.4. The molecule has 3 aromatic rings. The maximum absolute atomic E-state index is 12.4. The Bertz CT molecular complexity index is 1180. The molecule has 0 amide bonds. The highest BCUT2D eigenvalue weighted by Gasteiger charge is 2.26. The van der Waals surface area contributed by atoms with Gasteiger partial charge >= 0.3 is 0 Å². The van der Waals surface area contributed by atoms with E-state index < -0.39 is 4.92 Å². The number of benzene rings is 3. The van der Waals surface area contributed by atoms with Gasteiger partial charge in [0.05, 0.1) is 10.5 Å². The van der Waals surface area contributed by atoms with Crippen LogP contribution in [0.15, 0.2) is 78.6 Å². The van der Waals surface area contributed by atoms with Crippen LogP contribution in [0.5, 0.6) is 11.5 Å². The molecule has 3 aromatic carbocycles. The fourth-order valence-electron chi connectivity index (χ4n) is 2.98. The normalized spacial score (nSPS) is 13.6. The number of rotatable bonds is 6. The molecule has 0 saturated heterocycles. The molecule has 0 fully saturated rings. The highest BCUT2D eigenvalue weighted by Crippen LogP contribution is 2.31. The fourth-order valence-corrected chi connectivity index (χ4v) is 2.98. The Kier molecular flexibility index (Phi) is 5.09. The average Bonchev–Trinajstić information content (AvgIpc) is 3.08. The van der Waals surface area contributed by atoms with E-state index in [0.29, 0.717) is 28.2 Å².